The van der Waals surface area contributed by atoms with Crippen molar-refractivity contribution >= 4 is 33.5 Å². The molecule has 0 spiro atoms. The highest BCUT2D eigenvalue weighted by molar-refractivity contribution is 9.10. The van der Waals surface area contributed by atoms with Crippen molar-refractivity contribution in [3.8, 4) is 23.0 Å². The second-order valence-corrected chi connectivity index (χ2v) is 7.00. The van der Waals surface area contributed by atoms with Gasteiger partial charge in [-0.2, -0.15) is 0 Å². The number of thioether (sulfide) groups is 1. The number of benzene rings is 2. The third-order valence-electron chi connectivity index (χ3n) is 3.54. The number of ketones is 1. The predicted molar refractivity (Wildman–Crippen MR) is 102 cm³/mol. The molecule has 0 bridgehead atoms. The zero-order valence-corrected chi connectivity index (χ0v) is 16.5. The maximum atomic E-state index is 12.2. The molecule has 0 radical (unpaired) electrons. The van der Waals surface area contributed by atoms with Gasteiger partial charge in [-0.3, -0.25) is 4.79 Å². The summed E-state index contributed by atoms with van der Waals surface area (Å²) in [6.07, 6.45) is 0. The Morgan fingerprint density at radius 2 is 1.88 bits per heavy atom. The van der Waals surface area contributed by atoms with Crippen LogP contribution in [-0.4, -0.2) is 36.0 Å². The summed E-state index contributed by atoms with van der Waals surface area (Å²) >= 11 is 4.55. The number of methoxy groups -OCH3 is 2. The monoisotopic (exact) mass is 434 g/mol. The minimum Gasteiger partial charge on any atom is -0.497 e. The summed E-state index contributed by atoms with van der Waals surface area (Å²) in [6, 6.07) is 12.5. The molecule has 0 saturated heterocycles. The van der Waals surface area contributed by atoms with Crippen molar-refractivity contribution in [3.63, 3.8) is 0 Å². The summed E-state index contributed by atoms with van der Waals surface area (Å²) in [4.78, 5) is 12.2. The third-order valence-corrected chi connectivity index (χ3v) is 4.89. The number of hydrogen-bond acceptors (Lipinski definition) is 7. The molecule has 0 unspecified atom stereocenters. The second-order valence-electron chi connectivity index (χ2n) is 5.16. The Bertz CT molecular complexity index is 912. The van der Waals surface area contributed by atoms with Crippen LogP contribution in [0.2, 0.25) is 0 Å². The number of carbonyl (C=O) groups is 1. The molecule has 0 N–H and O–H groups in total. The number of carbonyl (C=O) groups excluding carboxylic acids is 1. The van der Waals surface area contributed by atoms with E-state index in [0.29, 0.717) is 33.7 Å². The number of aromatic nitrogens is 2. The molecule has 134 valence electrons. The number of halogens is 1. The predicted octanol–water partition coefficient (Wildman–Crippen LogP) is 4.49. The Balaban J connectivity index is 1.70. The quantitative estimate of drug-likeness (QED) is 0.400. The first-order valence-corrected chi connectivity index (χ1v) is 9.36. The molecule has 26 heavy (non-hydrogen) atoms. The van der Waals surface area contributed by atoms with E-state index < -0.39 is 0 Å². The molecule has 0 aliphatic heterocycles. The molecule has 1 aromatic heterocycles. The number of hydrogen-bond donors (Lipinski definition) is 0. The van der Waals surface area contributed by atoms with Crippen LogP contribution in [0.5, 0.6) is 11.5 Å². The van der Waals surface area contributed by atoms with Crippen molar-refractivity contribution in [3.05, 3.63) is 52.5 Å². The molecule has 2 aromatic carbocycles. The lowest BCUT2D eigenvalue weighted by Gasteiger charge is -2.07. The summed E-state index contributed by atoms with van der Waals surface area (Å²) in [5, 5.41) is 8.35. The first-order chi connectivity index (χ1) is 12.6. The smallest absolute Gasteiger partial charge is 0.277 e. The van der Waals surface area contributed by atoms with Gasteiger partial charge in [-0.1, -0.05) is 39.8 Å². The molecule has 0 amide bonds. The molecule has 0 fully saturated rings. The largest absolute Gasteiger partial charge is 0.497 e. The molecule has 0 aliphatic carbocycles. The van der Waals surface area contributed by atoms with Crippen LogP contribution in [0.15, 0.2) is 56.6 Å². The average Bonchev–Trinajstić information content (AvgIpc) is 3.15. The fourth-order valence-corrected chi connectivity index (χ4v) is 3.12. The van der Waals surface area contributed by atoms with Gasteiger partial charge in [0.15, 0.2) is 5.78 Å². The number of rotatable bonds is 7. The summed E-state index contributed by atoms with van der Waals surface area (Å²) in [6.45, 7) is 0. The number of nitrogens with zero attached hydrogens (tertiary/aromatic N) is 2. The van der Waals surface area contributed by atoms with Gasteiger partial charge in [-0.25, -0.2) is 0 Å². The molecule has 0 saturated carbocycles. The van der Waals surface area contributed by atoms with E-state index in [0.717, 1.165) is 4.47 Å². The molecule has 1 heterocycles. The van der Waals surface area contributed by atoms with E-state index in [-0.39, 0.29) is 11.5 Å². The van der Waals surface area contributed by atoms with Gasteiger partial charge in [-0.05, 0) is 24.3 Å². The van der Waals surface area contributed by atoms with Gasteiger partial charge in [0.1, 0.15) is 11.5 Å². The van der Waals surface area contributed by atoms with E-state index >= 15 is 0 Å². The summed E-state index contributed by atoms with van der Waals surface area (Å²) < 4.78 is 17.1. The first-order valence-electron chi connectivity index (χ1n) is 7.58. The topological polar surface area (TPSA) is 74.5 Å². The standard InChI is InChI=1S/C18H15BrN2O4S/c1-23-13-7-8-14(16(9-13)24-2)17-20-21-18(25-17)26-10-15(22)11-3-5-12(19)6-4-11/h3-9H,10H2,1-2H3. The van der Waals surface area contributed by atoms with Gasteiger partial charge in [0.2, 0.25) is 0 Å². The number of Topliss-reactive ketones (excluding diaryl/α,β-unsaturated/α-hetero) is 1. The molecule has 8 heteroatoms. The Hall–Kier alpha value is -2.32. The lowest BCUT2D eigenvalue weighted by Crippen LogP contribution is -2.01. The van der Waals surface area contributed by atoms with E-state index in [2.05, 4.69) is 26.1 Å². The molecule has 3 aromatic rings. The highest BCUT2D eigenvalue weighted by Crippen LogP contribution is 2.33. The van der Waals surface area contributed by atoms with Gasteiger partial charge < -0.3 is 13.9 Å². The molecule has 0 atom stereocenters. The molecular weight excluding hydrogens is 420 g/mol. The molecule has 3 rings (SSSR count). The van der Waals surface area contributed by atoms with Gasteiger partial charge in [0, 0.05) is 16.1 Å². The highest BCUT2D eigenvalue weighted by Gasteiger charge is 2.16. The van der Waals surface area contributed by atoms with Crippen molar-refractivity contribution < 1.29 is 18.7 Å². The Morgan fingerprint density at radius 3 is 2.58 bits per heavy atom. The summed E-state index contributed by atoms with van der Waals surface area (Å²) in [5.41, 5.74) is 1.30. The van der Waals surface area contributed by atoms with Crippen molar-refractivity contribution in [2.45, 2.75) is 5.22 Å². The van der Waals surface area contributed by atoms with E-state index in [1.807, 2.05) is 12.1 Å². The lowest BCUT2D eigenvalue weighted by molar-refractivity contribution is 0.102. The van der Waals surface area contributed by atoms with Crippen molar-refractivity contribution in [1.29, 1.82) is 0 Å². The Kier molecular flexibility index (Phi) is 5.95. The molecule has 6 nitrogen and oxygen atoms in total. The van der Waals surface area contributed by atoms with E-state index in [4.69, 9.17) is 13.9 Å². The Labute approximate surface area is 163 Å². The Morgan fingerprint density at radius 1 is 1.12 bits per heavy atom. The van der Waals surface area contributed by atoms with Gasteiger partial charge in [0.05, 0.1) is 25.5 Å². The van der Waals surface area contributed by atoms with Crippen LogP contribution < -0.4 is 9.47 Å². The molecular formula is C18H15BrN2O4S. The fraction of sp³-hybridized carbons (Fsp3) is 0.167. The highest BCUT2D eigenvalue weighted by atomic mass is 79.9. The maximum Gasteiger partial charge on any atom is 0.277 e. The van der Waals surface area contributed by atoms with Crippen molar-refractivity contribution in [2.24, 2.45) is 0 Å². The number of ether oxygens (including phenoxy) is 2. The van der Waals surface area contributed by atoms with Crippen LogP contribution >= 0.6 is 27.7 Å². The van der Waals surface area contributed by atoms with E-state index in [9.17, 15) is 4.79 Å². The maximum absolute atomic E-state index is 12.2. The van der Waals surface area contributed by atoms with E-state index in [1.165, 1.54) is 11.8 Å². The van der Waals surface area contributed by atoms with Crippen LogP contribution in [-0.2, 0) is 0 Å². The minimum atomic E-state index is -0.00993. The van der Waals surface area contributed by atoms with Gasteiger partial charge in [-0.15, -0.1) is 10.2 Å². The zero-order chi connectivity index (χ0) is 18.5. The zero-order valence-electron chi connectivity index (χ0n) is 14.1. The van der Waals surface area contributed by atoms with Crippen LogP contribution in [0.4, 0.5) is 0 Å². The normalized spacial score (nSPS) is 10.6. The van der Waals surface area contributed by atoms with Gasteiger partial charge >= 0.3 is 0 Å². The van der Waals surface area contributed by atoms with Crippen LogP contribution in [0.3, 0.4) is 0 Å². The molecule has 0 aliphatic rings. The van der Waals surface area contributed by atoms with Gasteiger partial charge in [0.25, 0.3) is 11.1 Å². The second kappa shape index (κ2) is 8.37. The van der Waals surface area contributed by atoms with Crippen LogP contribution in [0.25, 0.3) is 11.5 Å². The SMILES string of the molecule is COc1ccc(-c2nnc(SCC(=O)c3ccc(Br)cc3)o2)c(OC)c1. The van der Waals surface area contributed by atoms with Crippen LogP contribution in [0, 0.1) is 0 Å². The lowest BCUT2D eigenvalue weighted by atomic mass is 10.2. The first kappa shape index (κ1) is 18.5. The van der Waals surface area contributed by atoms with Crippen LogP contribution in [0.1, 0.15) is 10.4 Å². The van der Waals surface area contributed by atoms with Crippen molar-refractivity contribution in [2.75, 3.05) is 20.0 Å². The van der Waals surface area contributed by atoms with E-state index in [1.54, 1.807) is 44.6 Å². The minimum absolute atomic E-state index is 0.00993. The summed E-state index contributed by atoms with van der Waals surface area (Å²) in [7, 11) is 3.14. The fourth-order valence-electron chi connectivity index (χ4n) is 2.20. The average molecular weight is 435 g/mol. The van der Waals surface area contributed by atoms with Crippen molar-refractivity contribution in [1.82, 2.24) is 10.2 Å². The third kappa shape index (κ3) is 4.25. The summed E-state index contributed by atoms with van der Waals surface area (Å²) in [5.74, 6) is 1.76.